The molecule has 0 rings (SSSR count). The van der Waals surface area contributed by atoms with Gasteiger partial charge in [0.25, 0.3) is 0 Å². The smallest absolute Gasteiger partial charge is 0.120 e. The van der Waals surface area contributed by atoms with E-state index in [2.05, 4.69) is 13.5 Å². The van der Waals surface area contributed by atoms with Crippen molar-refractivity contribution in [3.05, 3.63) is 12.2 Å². The average Bonchev–Trinajstić information content (AvgIpc) is 1.87. The molecular formula is C10H18O. The Morgan fingerprint density at radius 3 is 2.73 bits per heavy atom. The molecule has 0 aliphatic carbocycles. The Kier molecular flexibility index (Phi) is 5.81. The summed E-state index contributed by atoms with van der Waals surface area (Å²) in [6.45, 7) is 7.99. The first kappa shape index (κ1) is 10.4. The first-order chi connectivity index (χ1) is 5.16. The monoisotopic (exact) mass is 154 g/mol. The maximum absolute atomic E-state index is 10.1. The van der Waals surface area contributed by atoms with Crippen molar-refractivity contribution in [3.8, 4) is 0 Å². The molecule has 0 heterocycles. The summed E-state index contributed by atoms with van der Waals surface area (Å²) in [5.74, 6) is 0.548. The second-order valence-corrected chi connectivity index (χ2v) is 3.36. The van der Waals surface area contributed by atoms with Crippen LogP contribution in [-0.2, 0) is 4.79 Å². The maximum Gasteiger partial charge on any atom is 0.120 e. The topological polar surface area (TPSA) is 17.1 Å². The molecule has 0 aliphatic rings. The summed E-state index contributed by atoms with van der Waals surface area (Å²) in [4.78, 5) is 10.1. The SMILES string of the molecule is C=C(C)CCCC(C)CC=O. The number of carbonyl (C=O) groups excluding carboxylic acids is 1. The average molecular weight is 154 g/mol. The minimum Gasteiger partial charge on any atom is -0.303 e. The Balaban J connectivity index is 3.23. The first-order valence-electron chi connectivity index (χ1n) is 4.24. The van der Waals surface area contributed by atoms with Crippen LogP contribution in [0.25, 0.3) is 0 Å². The molecule has 0 amide bonds. The molecule has 0 bridgehead atoms. The molecule has 0 fully saturated rings. The number of hydrogen-bond acceptors (Lipinski definition) is 1. The van der Waals surface area contributed by atoms with Gasteiger partial charge in [0.1, 0.15) is 6.29 Å². The van der Waals surface area contributed by atoms with Crippen LogP contribution in [-0.4, -0.2) is 6.29 Å². The van der Waals surface area contributed by atoms with Crippen molar-refractivity contribution < 1.29 is 4.79 Å². The van der Waals surface area contributed by atoms with Crippen LogP contribution in [0, 0.1) is 5.92 Å². The van der Waals surface area contributed by atoms with E-state index in [1.54, 1.807) is 0 Å². The molecule has 0 spiro atoms. The van der Waals surface area contributed by atoms with Gasteiger partial charge < -0.3 is 4.79 Å². The van der Waals surface area contributed by atoms with Gasteiger partial charge in [-0.15, -0.1) is 6.58 Å². The molecule has 0 aromatic rings. The van der Waals surface area contributed by atoms with E-state index in [0.717, 1.165) is 19.1 Å². The summed E-state index contributed by atoms with van der Waals surface area (Å²) in [5.41, 5.74) is 1.24. The lowest BCUT2D eigenvalue weighted by molar-refractivity contribution is -0.108. The van der Waals surface area contributed by atoms with E-state index >= 15 is 0 Å². The molecule has 0 aromatic carbocycles. The van der Waals surface area contributed by atoms with E-state index in [1.165, 1.54) is 12.0 Å². The summed E-state index contributed by atoms with van der Waals surface area (Å²) >= 11 is 0. The fraction of sp³-hybridized carbons (Fsp3) is 0.700. The molecule has 11 heavy (non-hydrogen) atoms. The third-order valence-electron chi connectivity index (χ3n) is 1.80. The molecule has 0 aromatic heterocycles. The normalized spacial score (nSPS) is 12.5. The number of hydrogen-bond donors (Lipinski definition) is 0. The molecule has 1 atom stereocenters. The molecule has 0 saturated carbocycles. The van der Waals surface area contributed by atoms with Crippen molar-refractivity contribution >= 4 is 6.29 Å². The molecule has 1 unspecified atom stereocenters. The van der Waals surface area contributed by atoms with Crippen LogP contribution in [0.2, 0.25) is 0 Å². The van der Waals surface area contributed by atoms with Crippen molar-refractivity contribution in [1.82, 2.24) is 0 Å². The largest absolute Gasteiger partial charge is 0.303 e. The Morgan fingerprint density at radius 2 is 2.27 bits per heavy atom. The van der Waals surface area contributed by atoms with Gasteiger partial charge in [-0.25, -0.2) is 0 Å². The molecule has 0 saturated heterocycles. The summed E-state index contributed by atoms with van der Waals surface area (Å²) in [7, 11) is 0. The molecular weight excluding hydrogens is 136 g/mol. The standard InChI is InChI=1S/C10H18O/c1-9(2)5-4-6-10(3)7-8-11/h8,10H,1,4-7H2,2-3H3. The predicted octanol–water partition coefficient (Wildman–Crippen LogP) is 2.96. The quantitative estimate of drug-likeness (QED) is 0.424. The highest BCUT2D eigenvalue weighted by atomic mass is 16.1. The molecule has 1 heteroatoms. The van der Waals surface area contributed by atoms with Crippen molar-refractivity contribution in [2.45, 2.75) is 39.5 Å². The Hall–Kier alpha value is -0.590. The summed E-state index contributed by atoms with van der Waals surface area (Å²) in [5, 5.41) is 0. The van der Waals surface area contributed by atoms with Crippen LogP contribution in [0.5, 0.6) is 0 Å². The van der Waals surface area contributed by atoms with Crippen LogP contribution >= 0.6 is 0 Å². The Labute approximate surface area is 69.5 Å². The second kappa shape index (κ2) is 6.14. The third kappa shape index (κ3) is 7.31. The summed E-state index contributed by atoms with van der Waals surface area (Å²) in [6, 6.07) is 0. The first-order valence-corrected chi connectivity index (χ1v) is 4.24. The highest BCUT2D eigenvalue weighted by molar-refractivity contribution is 5.49. The highest BCUT2D eigenvalue weighted by Gasteiger charge is 1.99. The Bertz CT molecular complexity index is 127. The van der Waals surface area contributed by atoms with Gasteiger partial charge >= 0.3 is 0 Å². The van der Waals surface area contributed by atoms with Gasteiger partial charge in [-0.1, -0.05) is 12.5 Å². The fourth-order valence-electron chi connectivity index (χ4n) is 1.03. The minimum absolute atomic E-state index is 0.548. The Morgan fingerprint density at radius 1 is 1.64 bits per heavy atom. The van der Waals surface area contributed by atoms with Crippen LogP contribution in [0.3, 0.4) is 0 Å². The lowest BCUT2D eigenvalue weighted by Crippen LogP contribution is -1.95. The maximum atomic E-state index is 10.1. The van der Waals surface area contributed by atoms with Gasteiger partial charge in [0.15, 0.2) is 0 Å². The zero-order valence-electron chi connectivity index (χ0n) is 7.60. The van der Waals surface area contributed by atoms with E-state index in [0.29, 0.717) is 12.3 Å². The van der Waals surface area contributed by atoms with Gasteiger partial charge in [-0.3, -0.25) is 0 Å². The van der Waals surface area contributed by atoms with Crippen LogP contribution < -0.4 is 0 Å². The van der Waals surface area contributed by atoms with E-state index in [1.807, 2.05) is 6.92 Å². The molecule has 0 N–H and O–H groups in total. The highest BCUT2D eigenvalue weighted by Crippen LogP contribution is 2.12. The van der Waals surface area contributed by atoms with Crippen molar-refractivity contribution in [2.75, 3.05) is 0 Å². The van der Waals surface area contributed by atoms with Gasteiger partial charge in [0.2, 0.25) is 0 Å². The second-order valence-electron chi connectivity index (χ2n) is 3.36. The number of carbonyl (C=O) groups is 1. The van der Waals surface area contributed by atoms with Crippen molar-refractivity contribution in [2.24, 2.45) is 5.92 Å². The molecule has 64 valence electrons. The van der Waals surface area contributed by atoms with Crippen molar-refractivity contribution in [3.63, 3.8) is 0 Å². The van der Waals surface area contributed by atoms with Gasteiger partial charge in [-0.2, -0.15) is 0 Å². The van der Waals surface area contributed by atoms with Gasteiger partial charge in [-0.05, 0) is 32.1 Å². The lowest BCUT2D eigenvalue weighted by Gasteiger charge is -2.05. The number of rotatable bonds is 6. The summed E-state index contributed by atoms with van der Waals surface area (Å²) in [6.07, 6.45) is 5.13. The summed E-state index contributed by atoms with van der Waals surface area (Å²) < 4.78 is 0. The zero-order chi connectivity index (χ0) is 8.69. The molecule has 1 nitrogen and oxygen atoms in total. The van der Waals surface area contributed by atoms with Crippen LogP contribution in [0.4, 0.5) is 0 Å². The van der Waals surface area contributed by atoms with E-state index in [-0.39, 0.29) is 0 Å². The van der Waals surface area contributed by atoms with Gasteiger partial charge in [0.05, 0.1) is 0 Å². The fourth-order valence-corrected chi connectivity index (χ4v) is 1.03. The van der Waals surface area contributed by atoms with E-state index in [4.69, 9.17) is 0 Å². The number of aldehydes is 1. The lowest BCUT2D eigenvalue weighted by atomic mass is 10.00. The molecule has 0 radical (unpaired) electrons. The zero-order valence-corrected chi connectivity index (χ0v) is 7.60. The van der Waals surface area contributed by atoms with E-state index in [9.17, 15) is 4.79 Å². The van der Waals surface area contributed by atoms with Crippen LogP contribution in [0.15, 0.2) is 12.2 Å². The third-order valence-corrected chi connectivity index (χ3v) is 1.80. The van der Waals surface area contributed by atoms with Gasteiger partial charge in [0, 0.05) is 6.42 Å². The van der Waals surface area contributed by atoms with E-state index < -0.39 is 0 Å². The van der Waals surface area contributed by atoms with Crippen molar-refractivity contribution in [1.29, 1.82) is 0 Å². The number of allylic oxidation sites excluding steroid dienone is 1. The minimum atomic E-state index is 0.548. The molecule has 0 aliphatic heterocycles. The van der Waals surface area contributed by atoms with Crippen LogP contribution in [0.1, 0.15) is 39.5 Å². The predicted molar refractivity (Wildman–Crippen MR) is 48.5 cm³/mol.